The second-order valence-electron chi connectivity index (χ2n) is 9.46. The highest BCUT2D eigenvalue weighted by atomic mass is 16.4. The van der Waals surface area contributed by atoms with Crippen LogP contribution in [0.1, 0.15) is 36.8 Å². The summed E-state index contributed by atoms with van der Waals surface area (Å²) in [5.41, 5.74) is 18.4. The fraction of sp³-hybridized carbons (Fsp3) is 0.393. The molecule has 40 heavy (non-hydrogen) atoms. The predicted octanol–water partition coefficient (Wildman–Crippen LogP) is -0.657. The van der Waals surface area contributed by atoms with Gasteiger partial charge < -0.3 is 38.3 Å². The molecule has 0 aliphatic rings. The fourth-order valence-electron chi connectivity index (χ4n) is 4.01. The molecule has 0 saturated carbocycles. The zero-order valence-electron chi connectivity index (χ0n) is 22.3. The van der Waals surface area contributed by atoms with E-state index in [-0.39, 0.29) is 19.3 Å². The number of nitrogens with one attached hydrogen (secondary N) is 3. The van der Waals surface area contributed by atoms with E-state index in [4.69, 9.17) is 17.2 Å². The molecule has 0 aliphatic carbocycles. The number of benzene rings is 2. The summed E-state index contributed by atoms with van der Waals surface area (Å²) >= 11 is 0. The zero-order valence-corrected chi connectivity index (χ0v) is 22.3. The van der Waals surface area contributed by atoms with E-state index in [2.05, 4.69) is 16.0 Å². The largest absolute Gasteiger partial charge is 0.480 e. The molecule has 12 nitrogen and oxygen atoms in total. The molecule has 0 aromatic heterocycles. The van der Waals surface area contributed by atoms with Crippen LogP contribution in [-0.4, -0.2) is 65.4 Å². The minimum absolute atomic E-state index is 0.0328. The van der Waals surface area contributed by atoms with Crippen molar-refractivity contribution in [2.45, 2.75) is 62.7 Å². The Labute approximate surface area is 233 Å². The average molecular weight is 555 g/mol. The summed E-state index contributed by atoms with van der Waals surface area (Å²) in [6.07, 6.45) is 0.863. The number of carboxylic acid groups (broad SMARTS) is 1. The summed E-state index contributed by atoms with van der Waals surface area (Å²) in [7, 11) is 0. The van der Waals surface area contributed by atoms with Gasteiger partial charge in [-0.1, -0.05) is 60.7 Å². The minimum atomic E-state index is -1.39. The lowest BCUT2D eigenvalue weighted by Crippen LogP contribution is -2.58. The highest BCUT2D eigenvalue weighted by molar-refractivity contribution is 5.96. The number of hydrogen-bond donors (Lipinski definition) is 7. The van der Waals surface area contributed by atoms with Gasteiger partial charge in [0, 0.05) is 6.42 Å². The van der Waals surface area contributed by atoms with Crippen LogP contribution in [0.2, 0.25) is 0 Å². The van der Waals surface area contributed by atoms with E-state index in [0.717, 1.165) is 5.56 Å². The number of hydrogen-bond acceptors (Lipinski definition) is 7. The van der Waals surface area contributed by atoms with Gasteiger partial charge in [0.25, 0.3) is 0 Å². The summed E-state index contributed by atoms with van der Waals surface area (Å²) < 4.78 is 0. The van der Waals surface area contributed by atoms with E-state index < -0.39 is 60.2 Å². The average Bonchev–Trinajstić information content (AvgIpc) is 2.92. The van der Waals surface area contributed by atoms with E-state index in [9.17, 15) is 29.1 Å². The molecule has 12 heteroatoms. The molecule has 2 aromatic rings. The second kappa shape index (κ2) is 16.6. The van der Waals surface area contributed by atoms with E-state index in [1.54, 1.807) is 54.6 Å². The summed E-state index contributed by atoms with van der Waals surface area (Å²) in [5.74, 6) is -4.32. The first-order valence-corrected chi connectivity index (χ1v) is 13.1. The molecule has 0 bridgehead atoms. The quantitative estimate of drug-likeness (QED) is 0.124. The monoisotopic (exact) mass is 554 g/mol. The number of nitrogens with two attached hydrogens (primary N) is 3. The van der Waals surface area contributed by atoms with Crippen molar-refractivity contribution >= 4 is 29.6 Å². The number of rotatable bonds is 17. The lowest BCUT2D eigenvalue weighted by Gasteiger charge is -2.25. The van der Waals surface area contributed by atoms with Crippen LogP contribution in [-0.2, 0) is 36.8 Å². The Morgan fingerprint density at radius 3 is 1.73 bits per heavy atom. The number of amides is 4. The maximum absolute atomic E-state index is 13.2. The first-order chi connectivity index (χ1) is 19.1. The first kappa shape index (κ1) is 31.9. The van der Waals surface area contributed by atoms with Gasteiger partial charge in [-0.25, -0.2) is 4.79 Å². The summed E-state index contributed by atoms with van der Waals surface area (Å²) in [6, 6.07) is 13.0. The predicted molar refractivity (Wildman–Crippen MR) is 148 cm³/mol. The third-order valence-electron chi connectivity index (χ3n) is 6.15. The summed E-state index contributed by atoms with van der Waals surface area (Å²) in [5, 5.41) is 17.1. The molecule has 4 atom stereocenters. The maximum atomic E-state index is 13.2. The van der Waals surface area contributed by atoms with Gasteiger partial charge in [0.05, 0.1) is 12.5 Å². The Kier molecular flexibility index (Phi) is 13.3. The number of primary amides is 1. The van der Waals surface area contributed by atoms with Crippen molar-refractivity contribution in [1.29, 1.82) is 0 Å². The van der Waals surface area contributed by atoms with Gasteiger partial charge in [0.15, 0.2) is 0 Å². The van der Waals surface area contributed by atoms with Crippen LogP contribution in [0.4, 0.5) is 0 Å². The van der Waals surface area contributed by atoms with Gasteiger partial charge in [-0.3, -0.25) is 19.2 Å². The Morgan fingerprint density at radius 1 is 0.700 bits per heavy atom. The van der Waals surface area contributed by atoms with Crippen molar-refractivity contribution in [3.05, 3.63) is 71.8 Å². The molecule has 2 aromatic carbocycles. The number of carbonyl (C=O) groups is 5. The van der Waals surface area contributed by atoms with Crippen molar-refractivity contribution in [2.75, 3.05) is 6.54 Å². The molecule has 4 amide bonds. The highest BCUT2D eigenvalue weighted by Gasteiger charge is 2.31. The van der Waals surface area contributed by atoms with Crippen molar-refractivity contribution in [1.82, 2.24) is 16.0 Å². The third kappa shape index (κ3) is 11.2. The van der Waals surface area contributed by atoms with Crippen LogP contribution < -0.4 is 33.2 Å². The van der Waals surface area contributed by atoms with Gasteiger partial charge >= 0.3 is 5.97 Å². The molecule has 0 aliphatic heterocycles. The number of aliphatic carboxylic acids is 1. The van der Waals surface area contributed by atoms with E-state index in [1.165, 1.54) is 0 Å². The van der Waals surface area contributed by atoms with Crippen molar-refractivity contribution in [3.8, 4) is 0 Å². The highest BCUT2D eigenvalue weighted by Crippen LogP contribution is 2.08. The Morgan fingerprint density at radius 2 is 1.20 bits per heavy atom. The molecule has 0 spiro atoms. The van der Waals surface area contributed by atoms with E-state index >= 15 is 0 Å². The number of carbonyl (C=O) groups excluding carboxylic acids is 4. The van der Waals surface area contributed by atoms with Crippen LogP contribution >= 0.6 is 0 Å². The van der Waals surface area contributed by atoms with Crippen LogP contribution in [0.15, 0.2) is 60.7 Å². The smallest absolute Gasteiger partial charge is 0.326 e. The molecule has 0 fully saturated rings. The lowest BCUT2D eigenvalue weighted by atomic mass is 10.0. The Balaban J connectivity index is 2.13. The molecule has 10 N–H and O–H groups in total. The summed E-state index contributed by atoms with van der Waals surface area (Å²) in [4.78, 5) is 62.6. The molecule has 216 valence electrons. The lowest BCUT2D eigenvalue weighted by molar-refractivity contribution is -0.142. The van der Waals surface area contributed by atoms with Crippen LogP contribution in [0.3, 0.4) is 0 Å². The first-order valence-electron chi connectivity index (χ1n) is 13.1. The minimum Gasteiger partial charge on any atom is -0.480 e. The van der Waals surface area contributed by atoms with Crippen molar-refractivity contribution in [3.63, 3.8) is 0 Å². The Hall–Kier alpha value is -4.29. The molecule has 0 radical (unpaired) electrons. The maximum Gasteiger partial charge on any atom is 0.326 e. The summed E-state index contributed by atoms with van der Waals surface area (Å²) in [6.45, 7) is 0.355. The molecule has 0 unspecified atom stereocenters. The van der Waals surface area contributed by atoms with Gasteiger partial charge in [-0.15, -0.1) is 0 Å². The van der Waals surface area contributed by atoms with Crippen molar-refractivity contribution in [2.24, 2.45) is 17.2 Å². The Bertz CT molecular complexity index is 1130. The van der Waals surface area contributed by atoms with Gasteiger partial charge in [-0.05, 0) is 43.4 Å². The van der Waals surface area contributed by atoms with Crippen LogP contribution in [0.5, 0.6) is 0 Å². The third-order valence-corrected chi connectivity index (χ3v) is 6.15. The second-order valence-corrected chi connectivity index (χ2v) is 9.46. The topological polar surface area (TPSA) is 220 Å². The SMILES string of the molecule is NCCCC[C@H](NC(=O)[C@H](CC(N)=O)NC(=O)[C@@H](N)Cc1ccccc1)C(=O)N[C@@H](Cc1ccccc1)C(=O)O. The molecular weight excluding hydrogens is 516 g/mol. The fourth-order valence-corrected chi connectivity index (χ4v) is 4.01. The number of carboxylic acids is 1. The van der Waals surface area contributed by atoms with Crippen LogP contribution in [0, 0.1) is 0 Å². The normalized spacial score (nSPS) is 13.8. The van der Waals surface area contributed by atoms with E-state index in [0.29, 0.717) is 24.9 Å². The standard InChI is InChI=1S/C28H38N6O6/c29-14-8-7-13-21(26(37)34-23(28(39)40)16-19-11-5-2-6-12-19)32-27(38)22(17-24(31)35)33-25(36)20(30)15-18-9-3-1-4-10-18/h1-6,9-12,20-23H,7-8,13-17,29-30H2,(H2,31,35)(H,32,38)(H,33,36)(H,34,37)(H,39,40)/t20-,21-,22-,23-/m0/s1. The number of unbranched alkanes of at least 4 members (excludes halogenated alkanes) is 1. The van der Waals surface area contributed by atoms with Crippen molar-refractivity contribution < 1.29 is 29.1 Å². The van der Waals surface area contributed by atoms with Gasteiger partial charge in [-0.2, -0.15) is 0 Å². The van der Waals surface area contributed by atoms with Crippen LogP contribution in [0.25, 0.3) is 0 Å². The van der Waals surface area contributed by atoms with Gasteiger partial charge in [0.2, 0.25) is 23.6 Å². The van der Waals surface area contributed by atoms with E-state index in [1.807, 2.05) is 6.07 Å². The molecule has 0 saturated heterocycles. The molecule has 2 rings (SSSR count). The zero-order chi connectivity index (χ0) is 29.5. The molecular formula is C28H38N6O6. The van der Waals surface area contributed by atoms with Gasteiger partial charge in [0.1, 0.15) is 18.1 Å². The molecule has 0 heterocycles.